The van der Waals surface area contributed by atoms with Crippen molar-refractivity contribution < 1.29 is 14.1 Å². The summed E-state index contributed by atoms with van der Waals surface area (Å²) in [6.07, 6.45) is 4.47. The van der Waals surface area contributed by atoms with E-state index < -0.39 is 0 Å². The molecule has 2 aliphatic rings. The van der Waals surface area contributed by atoms with E-state index in [1.165, 1.54) is 18.4 Å². The minimum absolute atomic E-state index is 0.0785. The van der Waals surface area contributed by atoms with Crippen LogP contribution in [0.25, 0.3) is 0 Å². The Morgan fingerprint density at radius 1 is 0.963 bits per heavy atom. The third kappa shape index (κ3) is 4.48. The molecule has 2 amide bonds. The second-order valence-corrected chi connectivity index (χ2v) is 7.83. The number of carbonyl (C=O) groups excluding carboxylic acids is 1. The fraction of sp³-hybridized carbons (Fsp3) is 0.409. The zero-order valence-electron chi connectivity index (χ0n) is 15.5. The van der Waals surface area contributed by atoms with Gasteiger partial charge in [0.2, 0.25) is 0 Å². The zero-order chi connectivity index (χ0) is 18.6. The Hall–Kier alpha value is -2.40. The first-order chi connectivity index (χ1) is 13.2. The third-order valence-corrected chi connectivity index (χ3v) is 6.00. The number of nitrogens with one attached hydrogen (secondary N) is 3. The molecule has 2 saturated heterocycles. The van der Waals surface area contributed by atoms with Gasteiger partial charge in [-0.3, -0.25) is 0 Å². The number of benzene rings is 2. The van der Waals surface area contributed by atoms with Gasteiger partial charge in [0.05, 0.1) is 12.1 Å². The van der Waals surface area contributed by atoms with Crippen LogP contribution in [-0.2, 0) is 13.1 Å². The van der Waals surface area contributed by atoms with Crippen LogP contribution in [-0.4, -0.2) is 24.2 Å². The second kappa shape index (κ2) is 8.09. The molecule has 5 heteroatoms. The van der Waals surface area contributed by atoms with Gasteiger partial charge in [0.25, 0.3) is 0 Å². The van der Waals surface area contributed by atoms with Crippen molar-refractivity contribution in [3.8, 4) is 0 Å². The van der Waals surface area contributed by atoms with Crippen molar-refractivity contribution in [2.45, 2.75) is 56.9 Å². The van der Waals surface area contributed by atoms with Crippen molar-refractivity contribution in [1.29, 1.82) is 0 Å². The molecular weight excluding hydrogens is 341 g/mol. The largest absolute Gasteiger partial charge is 0.335 e. The van der Waals surface area contributed by atoms with E-state index >= 15 is 0 Å². The predicted octanol–water partition coefficient (Wildman–Crippen LogP) is 2.40. The molecule has 27 heavy (non-hydrogen) atoms. The van der Waals surface area contributed by atoms with Gasteiger partial charge in [0.1, 0.15) is 12.4 Å². The number of halogens is 1. The molecule has 2 aromatic rings. The van der Waals surface area contributed by atoms with Gasteiger partial charge in [-0.05, 0) is 17.7 Å². The molecule has 2 unspecified atom stereocenters. The highest BCUT2D eigenvalue weighted by atomic mass is 19.1. The van der Waals surface area contributed by atoms with E-state index in [9.17, 15) is 9.18 Å². The molecular formula is C22H27FN3O+. The van der Waals surface area contributed by atoms with Crippen molar-refractivity contribution in [2.24, 2.45) is 0 Å². The van der Waals surface area contributed by atoms with Gasteiger partial charge in [-0.1, -0.05) is 42.5 Å². The summed E-state index contributed by atoms with van der Waals surface area (Å²) >= 11 is 0. The quantitative estimate of drug-likeness (QED) is 0.746. The van der Waals surface area contributed by atoms with Crippen LogP contribution in [0.2, 0.25) is 0 Å². The maximum Gasteiger partial charge on any atom is 0.315 e. The number of rotatable bonds is 5. The second-order valence-electron chi connectivity index (χ2n) is 7.83. The lowest BCUT2D eigenvalue weighted by molar-refractivity contribution is -0.954. The standard InChI is InChI=1S/C22H26FN3O/c23-18-8-6-17(7-9-18)15-26-20-10-11-21(26)13-19(12-20)25-22(27)24-14-16-4-2-1-3-5-16/h1-9,19-21H,10-15H2,(H2,24,25,27)/p+1/t19?,20-,21+. The highest BCUT2D eigenvalue weighted by Crippen LogP contribution is 2.23. The van der Waals surface area contributed by atoms with Crippen LogP contribution in [0.5, 0.6) is 0 Å². The smallest absolute Gasteiger partial charge is 0.315 e. The van der Waals surface area contributed by atoms with Gasteiger partial charge < -0.3 is 15.5 Å². The third-order valence-electron chi connectivity index (χ3n) is 6.00. The Bertz CT molecular complexity index is 751. The van der Waals surface area contributed by atoms with Crippen LogP contribution in [0.1, 0.15) is 36.8 Å². The van der Waals surface area contributed by atoms with Crippen molar-refractivity contribution in [1.82, 2.24) is 10.6 Å². The van der Waals surface area contributed by atoms with Crippen molar-refractivity contribution in [2.75, 3.05) is 0 Å². The van der Waals surface area contributed by atoms with Crippen molar-refractivity contribution in [3.63, 3.8) is 0 Å². The molecule has 2 fully saturated rings. The topological polar surface area (TPSA) is 45.6 Å². The van der Waals surface area contributed by atoms with Gasteiger partial charge >= 0.3 is 6.03 Å². The van der Waals surface area contributed by atoms with Gasteiger partial charge in [0.15, 0.2) is 0 Å². The summed E-state index contributed by atoms with van der Waals surface area (Å²) in [7, 11) is 0. The number of fused-ring (bicyclic) bond motifs is 2. The van der Waals surface area contributed by atoms with Crippen LogP contribution in [0.4, 0.5) is 9.18 Å². The first kappa shape index (κ1) is 18.0. The van der Waals surface area contributed by atoms with E-state index in [1.807, 2.05) is 42.5 Å². The Morgan fingerprint density at radius 3 is 2.30 bits per heavy atom. The van der Waals surface area contributed by atoms with Crippen LogP contribution in [0.3, 0.4) is 0 Å². The zero-order valence-corrected chi connectivity index (χ0v) is 15.5. The molecule has 0 aromatic heterocycles. The number of amides is 2. The molecule has 2 bridgehead atoms. The Morgan fingerprint density at radius 2 is 1.63 bits per heavy atom. The SMILES string of the molecule is O=C(NCc1ccccc1)NC1C[C@H]2CC[C@@H](C1)[NH+]2Cc1ccc(F)cc1. The predicted molar refractivity (Wildman–Crippen MR) is 103 cm³/mol. The maximum atomic E-state index is 13.1. The molecule has 0 saturated carbocycles. The van der Waals surface area contributed by atoms with Crippen LogP contribution in [0.15, 0.2) is 54.6 Å². The molecule has 4 nitrogen and oxygen atoms in total. The highest BCUT2D eigenvalue weighted by Gasteiger charge is 2.44. The Balaban J connectivity index is 1.28. The Labute approximate surface area is 159 Å². The van der Waals surface area contributed by atoms with Gasteiger partial charge in [0, 0.05) is 43.8 Å². The van der Waals surface area contributed by atoms with E-state index in [-0.39, 0.29) is 17.9 Å². The molecule has 4 atom stereocenters. The number of piperidine rings is 1. The van der Waals surface area contributed by atoms with Gasteiger partial charge in [-0.25, -0.2) is 9.18 Å². The van der Waals surface area contributed by atoms with E-state index in [0.717, 1.165) is 24.9 Å². The summed E-state index contributed by atoms with van der Waals surface area (Å²) in [6.45, 7) is 1.50. The fourth-order valence-corrected chi connectivity index (χ4v) is 4.69. The molecule has 3 N–H and O–H groups in total. The van der Waals surface area contributed by atoms with Crippen molar-refractivity contribution >= 4 is 6.03 Å². The summed E-state index contributed by atoms with van der Waals surface area (Å²) in [5, 5.41) is 6.13. The van der Waals surface area contributed by atoms with Gasteiger partial charge in [-0.2, -0.15) is 0 Å². The minimum atomic E-state index is -0.179. The number of carbonyl (C=O) groups is 1. The number of hydrogen-bond donors (Lipinski definition) is 3. The van der Waals surface area contributed by atoms with E-state index in [0.29, 0.717) is 18.6 Å². The number of urea groups is 1. The summed E-state index contributed by atoms with van der Waals surface area (Å²) in [4.78, 5) is 13.9. The van der Waals surface area contributed by atoms with E-state index in [2.05, 4.69) is 10.6 Å². The fourth-order valence-electron chi connectivity index (χ4n) is 4.69. The number of hydrogen-bond acceptors (Lipinski definition) is 1. The summed E-state index contributed by atoms with van der Waals surface area (Å²) < 4.78 is 13.1. The van der Waals surface area contributed by atoms with Gasteiger partial charge in [-0.15, -0.1) is 0 Å². The molecule has 2 heterocycles. The van der Waals surface area contributed by atoms with Crippen LogP contribution >= 0.6 is 0 Å². The summed E-state index contributed by atoms with van der Waals surface area (Å²) in [5.74, 6) is -0.179. The van der Waals surface area contributed by atoms with Crippen LogP contribution in [0, 0.1) is 5.82 Å². The van der Waals surface area contributed by atoms with E-state index in [1.54, 1.807) is 17.0 Å². The van der Waals surface area contributed by atoms with Crippen LogP contribution < -0.4 is 15.5 Å². The Kier molecular flexibility index (Phi) is 5.39. The highest BCUT2D eigenvalue weighted by molar-refractivity contribution is 5.74. The molecule has 0 spiro atoms. The summed E-state index contributed by atoms with van der Waals surface area (Å²) in [6, 6.07) is 18.1. The molecule has 0 radical (unpaired) electrons. The molecule has 4 rings (SSSR count). The minimum Gasteiger partial charge on any atom is -0.335 e. The van der Waals surface area contributed by atoms with Crippen molar-refractivity contribution in [3.05, 3.63) is 71.5 Å². The maximum absolute atomic E-state index is 13.1. The lowest BCUT2D eigenvalue weighted by atomic mass is 9.96. The number of quaternary nitrogens is 1. The lowest BCUT2D eigenvalue weighted by Gasteiger charge is -2.36. The molecule has 2 aliphatic heterocycles. The average Bonchev–Trinajstić information content (AvgIpc) is 2.91. The molecule has 2 aromatic carbocycles. The van der Waals surface area contributed by atoms with E-state index in [4.69, 9.17) is 0 Å². The average molecular weight is 368 g/mol. The molecule has 0 aliphatic carbocycles. The summed E-state index contributed by atoms with van der Waals surface area (Å²) in [5.41, 5.74) is 2.29. The monoisotopic (exact) mass is 368 g/mol. The normalized spacial score (nSPS) is 26.6. The first-order valence-corrected chi connectivity index (χ1v) is 9.85. The first-order valence-electron chi connectivity index (χ1n) is 9.85. The lowest BCUT2D eigenvalue weighted by Crippen LogP contribution is -3.17. The molecule has 142 valence electrons.